The van der Waals surface area contributed by atoms with Gasteiger partial charge in [0.05, 0.1) is 5.52 Å². The molecule has 0 atom stereocenters. The zero-order valence-corrected chi connectivity index (χ0v) is 9.72. The van der Waals surface area contributed by atoms with E-state index >= 15 is 0 Å². The van der Waals surface area contributed by atoms with E-state index in [2.05, 4.69) is 34.0 Å². The summed E-state index contributed by atoms with van der Waals surface area (Å²) < 4.78 is 0. The molecule has 0 radical (unpaired) electrons. The summed E-state index contributed by atoms with van der Waals surface area (Å²) in [5, 5.41) is 2.30. The Hall–Kier alpha value is -2.03. The van der Waals surface area contributed by atoms with Crippen LogP contribution in [0.1, 0.15) is 18.9 Å². The Balaban J connectivity index is 2.47. The van der Waals surface area contributed by atoms with Crippen LogP contribution in [0.2, 0.25) is 0 Å². The molecule has 0 fully saturated rings. The van der Waals surface area contributed by atoms with Crippen LogP contribution >= 0.6 is 0 Å². The van der Waals surface area contributed by atoms with Gasteiger partial charge in [-0.1, -0.05) is 31.5 Å². The predicted molar refractivity (Wildman–Crippen MR) is 68.8 cm³/mol. The van der Waals surface area contributed by atoms with E-state index in [-0.39, 0.29) is 0 Å². The number of para-hydroxylation sites is 1. The number of aryl methyl sites for hydroxylation is 1. The van der Waals surface area contributed by atoms with Gasteiger partial charge >= 0.3 is 0 Å². The molecule has 1 aromatic carbocycles. The molecule has 0 aliphatic rings. The second-order valence-corrected chi connectivity index (χ2v) is 4.12. The Labute approximate surface area is 99.5 Å². The lowest BCUT2D eigenvalue weighted by molar-refractivity contribution is 0.934. The first kappa shape index (κ1) is 10.1. The monoisotopic (exact) mass is 223 g/mol. The van der Waals surface area contributed by atoms with Crippen LogP contribution in [0.15, 0.2) is 36.8 Å². The number of benzene rings is 1. The topological polar surface area (TPSA) is 38.7 Å². The van der Waals surface area contributed by atoms with E-state index in [9.17, 15) is 0 Å². The van der Waals surface area contributed by atoms with Crippen molar-refractivity contribution in [3.8, 4) is 0 Å². The highest BCUT2D eigenvalue weighted by atomic mass is 14.9. The van der Waals surface area contributed by atoms with Crippen molar-refractivity contribution >= 4 is 21.9 Å². The van der Waals surface area contributed by atoms with Crippen molar-refractivity contribution in [1.82, 2.24) is 15.0 Å². The lowest BCUT2D eigenvalue weighted by Crippen LogP contribution is -1.94. The van der Waals surface area contributed by atoms with Crippen LogP contribution in [0.5, 0.6) is 0 Å². The van der Waals surface area contributed by atoms with Crippen molar-refractivity contribution in [1.29, 1.82) is 0 Å². The third-order valence-corrected chi connectivity index (χ3v) is 2.97. The molecule has 2 heterocycles. The van der Waals surface area contributed by atoms with Crippen molar-refractivity contribution < 1.29 is 0 Å². The zero-order chi connectivity index (χ0) is 11.7. The number of hydrogen-bond acceptors (Lipinski definition) is 3. The first-order valence-electron chi connectivity index (χ1n) is 5.87. The number of rotatable bonds is 2. The van der Waals surface area contributed by atoms with Crippen molar-refractivity contribution in [2.24, 2.45) is 0 Å². The molecule has 84 valence electrons. The normalized spacial score (nSPS) is 11.1. The van der Waals surface area contributed by atoms with Gasteiger partial charge in [0.2, 0.25) is 0 Å². The van der Waals surface area contributed by atoms with E-state index in [1.54, 1.807) is 6.33 Å². The summed E-state index contributed by atoms with van der Waals surface area (Å²) in [5.41, 5.74) is 3.12. The highest BCUT2D eigenvalue weighted by Gasteiger charge is 2.08. The van der Waals surface area contributed by atoms with Gasteiger partial charge in [-0.2, -0.15) is 0 Å². The molecule has 3 aromatic rings. The molecule has 0 bridgehead atoms. The molecular formula is C14H13N3. The first-order valence-corrected chi connectivity index (χ1v) is 5.87. The Morgan fingerprint density at radius 3 is 2.88 bits per heavy atom. The first-order chi connectivity index (χ1) is 8.40. The van der Waals surface area contributed by atoms with Crippen LogP contribution < -0.4 is 0 Å². The van der Waals surface area contributed by atoms with E-state index in [4.69, 9.17) is 0 Å². The average Bonchev–Trinajstić information content (AvgIpc) is 2.39. The number of nitrogens with zero attached hydrogens (tertiary/aromatic N) is 3. The predicted octanol–water partition coefficient (Wildman–Crippen LogP) is 3.13. The van der Waals surface area contributed by atoms with Gasteiger partial charge in [-0.15, -0.1) is 0 Å². The molecule has 3 rings (SSSR count). The molecule has 0 aliphatic carbocycles. The number of fused-ring (bicyclic) bond motifs is 2. The zero-order valence-electron chi connectivity index (χ0n) is 9.72. The van der Waals surface area contributed by atoms with Crippen LogP contribution in [-0.4, -0.2) is 15.0 Å². The van der Waals surface area contributed by atoms with E-state index in [1.165, 1.54) is 10.9 Å². The minimum atomic E-state index is 0.794. The summed E-state index contributed by atoms with van der Waals surface area (Å²) in [6.07, 6.45) is 5.57. The summed E-state index contributed by atoms with van der Waals surface area (Å²) in [7, 11) is 0. The number of pyridine rings is 1. The van der Waals surface area contributed by atoms with Crippen LogP contribution in [0.3, 0.4) is 0 Å². The van der Waals surface area contributed by atoms with Gasteiger partial charge in [-0.25, -0.2) is 15.0 Å². The third kappa shape index (κ3) is 1.64. The maximum atomic E-state index is 4.57. The molecule has 17 heavy (non-hydrogen) atoms. The molecule has 3 nitrogen and oxygen atoms in total. The summed E-state index contributed by atoms with van der Waals surface area (Å²) in [4.78, 5) is 12.9. The number of aromatic nitrogens is 3. The fraction of sp³-hybridized carbons (Fsp3) is 0.214. The van der Waals surface area contributed by atoms with Crippen LogP contribution in [0.25, 0.3) is 21.9 Å². The van der Waals surface area contributed by atoms with Gasteiger partial charge in [0, 0.05) is 17.0 Å². The van der Waals surface area contributed by atoms with E-state index in [0.29, 0.717) is 0 Å². The lowest BCUT2D eigenvalue weighted by atomic mass is 10.0. The largest absolute Gasteiger partial charge is 0.244 e. The van der Waals surface area contributed by atoms with Crippen LogP contribution in [-0.2, 0) is 6.42 Å². The van der Waals surface area contributed by atoms with Gasteiger partial charge in [0.15, 0.2) is 5.65 Å². The average molecular weight is 223 g/mol. The second-order valence-electron chi connectivity index (χ2n) is 4.12. The van der Waals surface area contributed by atoms with Crippen molar-refractivity contribution in [3.05, 3.63) is 42.4 Å². The Morgan fingerprint density at radius 1 is 1.12 bits per heavy atom. The molecule has 0 spiro atoms. The standard InChI is InChI=1S/C14H13N3/c1-2-5-10-11-6-3-4-7-13(11)17-14-12(10)8-15-9-16-14/h3-4,6-9H,2,5H2,1H3. The fourth-order valence-electron chi connectivity index (χ4n) is 2.23. The molecule has 0 saturated carbocycles. The van der Waals surface area contributed by atoms with Crippen LogP contribution in [0, 0.1) is 0 Å². The minimum absolute atomic E-state index is 0.794. The van der Waals surface area contributed by atoms with Gasteiger partial charge < -0.3 is 0 Å². The Morgan fingerprint density at radius 2 is 2.00 bits per heavy atom. The van der Waals surface area contributed by atoms with Gasteiger partial charge in [0.1, 0.15) is 6.33 Å². The SMILES string of the molecule is CCCc1c2ccccc2nc2ncncc12. The molecule has 0 saturated heterocycles. The van der Waals surface area contributed by atoms with E-state index < -0.39 is 0 Å². The second kappa shape index (κ2) is 4.09. The highest BCUT2D eigenvalue weighted by molar-refractivity contribution is 5.95. The van der Waals surface area contributed by atoms with Gasteiger partial charge in [-0.3, -0.25) is 0 Å². The smallest absolute Gasteiger partial charge is 0.163 e. The Kier molecular flexibility index (Phi) is 2.44. The molecule has 3 heteroatoms. The lowest BCUT2D eigenvalue weighted by Gasteiger charge is -2.08. The fourth-order valence-corrected chi connectivity index (χ4v) is 2.23. The van der Waals surface area contributed by atoms with Gasteiger partial charge in [-0.05, 0) is 18.1 Å². The van der Waals surface area contributed by atoms with Crippen LogP contribution in [0.4, 0.5) is 0 Å². The summed E-state index contributed by atoms with van der Waals surface area (Å²) >= 11 is 0. The van der Waals surface area contributed by atoms with Gasteiger partial charge in [0.25, 0.3) is 0 Å². The van der Waals surface area contributed by atoms with Crippen molar-refractivity contribution in [2.75, 3.05) is 0 Å². The maximum absolute atomic E-state index is 4.57. The summed E-state index contributed by atoms with van der Waals surface area (Å²) in [5.74, 6) is 0. The van der Waals surface area contributed by atoms with Crippen molar-refractivity contribution in [2.45, 2.75) is 19.8 Å². The van der Waals surface area contributed by atoms with E-state index in [0.717, 1.165) is 29.4 Å². The number of hydrogen-bond donors (Lipinski definition) is 0. The summed E-state index contributed by atoms with van der Waals surface area (Å²) in [6.45, 7) is 2.19. The molecule has 0 amide bonds. The molecule has 2 aromatic heterocycles. The highest BCUT2D eigenvalue weighted by Crippen LogP contribution is 2.25. The molecular weight excluding hydrogens is 210 g/mol. The third-order valence-electron chi connectivity index (χ3n) is 2.97. The minimum Gasteiger partial charge on any atom is -0.244 e. The molecule has 0 unspecified atom stereocenters. The van der Waals surface area contributed by atoms with E-state index in [1.807, 2.05) is 18.3 Å². The molecule has 0 N–H and O–H groups in total. The van der Waals surface area contributed by atoms with Crippen molar-refractivity contribution in [3.63, 3.8) is 0 Å². The quantitative estimate of drug-likeness (QED) is 0.626. The maximum Gasteiger partial charge on any atom is 0.163 e. The molecule has 0 aliphatic heterocycles. The Bertz CT molecular complexity index is 622. The summed E-state index contributed by atoms with van der Waals surface area (Å²) in [6, 6.07) is 8.23.